The Balaban J connectivity index is 1.61. The molecule has 2 aromatic rings. The van der Waals surface area contributed by atoms with E-state index < -0.39 is 0 Å². The van der Waals surface area contributed by atoms with Crippen molar-refractivity contribution in [2.75, 3.05) is 19.7 Å². The minimum atomic E-state index is -0.236. The first-order valence-electron chi connectivity index (χ1n) is 8.67. The highest BCUT2D eigenvalue weighted by Crippen LogP contribution is 2.25. The van der Waals surface area contributed by atoms with Crippen molar-refractivity contribution in [2.24, 2.45) is 5.92 Å². The van der Waals surface area contributed by atoms with E-state index in [0.29, 0.717) is 25.6 Å². The predicted octanol–water partition coefficient (Wildman–Crippen LogP) is 3.15. The Morgan fingerprint density at radius 3 is 2.71 bits per heavy atom. The van der Waals surface area contributed by atoms with Gasteiger partial charge in [0.25, 0.3) is 0 Å². The van der Waals surface area contributed by atoms with E-state index >= 15 is 0 Å². The third-order valence-corrected chi connectivity index (χ3v) is 4.63. The van der Waals surface area contributed by atoms with Crippen LogP contribution in [0.5, 0.6) is 0 Å². The summed E-state index contributed by atoms with van der Waals surface area (Å²) in [6.45, 7) is 5.93. The van der Waals surface area contributed by atoms with Crippen molar-refractivity contribution in [1.82, 2.24) is 14.5 Å². The van der Waals surface area contributed by atoms with Gasteiger partial charge in [0.15, 0.2) is 0 Å². The smallest absolute Gasteiger partial charge is 0.409 e. The third kappa shape index (κ3) is 3.47. The van der Waals surface area contributed by atoms with Crippen LogP contribution >= 0.6 is 0 Å². The number of ether oxygens (including phenoxy) is 1. The Morgan fingerprint density at radius 1 is 1.29 bits per heavy atom. The molecule has 2 heterocycles. The first kappa shape index (κ1) is 16.6. The molecule has 3 rings (SSSR count). The number of likely N-dealkylation sites (tertiary alicyclic amines) is 1. The minimum absolute atomic E-state index is 0.0749. The molecule has 1 saturated heterocycles. The second-order valence-electron chi connectivity index (χ2n) is 6.83. The Bertz CT molecular complexity index is 754. The molecule has 0 bridgehead atoms. The molecule has 1 amide bonds. The maximum atomic E-state index is 12.3. The number of para-hydroxylation sites is 2. The molecule has 1 aromatic heterocycles. The number of carbonyl (C=O) groups excluding carboxylic acids is 1. The van der Waals surface area contributed by atoms with Gasteiger partial charge in [-0.25, -0.2) is 9.59 Å². The fraction of sp³-hybridized carbons (Fsp3) is 0.556. The van der Waals surface area contributed by atoms with Crippen LogP contribution < -0.4 is 5.69 Å². The second kappa shape index (κ2) is 7.11. The number of aromatic nitrogens is 2. The monoisotopic (exact) mass is 331 g/mol. The van der Waals surface area contributed by atoms with Crippen LogP contribution in [0.3, 0.4) is 0 Å². The van der Waals surface area contributed by atoms with Crippen LogP contribution in [0.4, 0.5) is 4.79 Å². The number of benzene rings is 1. The van der Waals surface area contributed by atoms with Gasteiger partial charge >= 0.3 is 11.8 Å². The zero-order chi connectivity index (χ0) is 17.1. The average molecular weight is 331 g/mol. The van der Waals surface area contributed by atoms with Gasteiger partial charge in [0.1, 0.15) is 0 Å². The highest BCUT2D eigenvalue weighted by molar-refractivity contribution is 5.75. The van der Waals surface area contributed by atoms with Crippen LogP contribution in [0.2, 0.25) is 0 Å². The summed E-state index contributed by atoms with van der Waals surface area (Å²) in [6, 6.07) is 7.84. The van der Waals surface area contributed by atoms with Gasteiger partial charge in [-0.1, -0.05) is 26.0 Å². The number of hydrogen-bond donors (Lipinski definition) is 1. The summed E-state index contributed by atoms with van der Waals surface area (Å²) in [5.41, 5.74) is 1.72. The Morgan fingerprint density at radius 2 is 2.00 bits per heavy atom. The molecule has 1 N–H and O–H groups in total. The van der Waals surface area contributed by atoms with E-state index in [1.165, 1.54) is 0 Å². The number of hydrogen-bond acceptors (Lipinski definition) is 3. The highest BCUT2D eigenvalue weighted by Gasteiger charge is 2.26. The summed E-state index contributed by atoms with van der Waals surface area (Å²) in [4.78, 5) is 29.0. The summed E-state index contributed by atoms with van der Waals surface area (Å²) in [7, 11) is 0. The average Bonchev–Trinajstić information content (AvgIpc) is 2.90. The van der Waals surface area contributed by atoms with Gasteiger partial charge < -0.3 is 14.6 Å². The highest BCUT2D eigenvalue weighted by atomic mass is 16.6. The van der Waals surface area contributed by atoms with E-state index in [2.05, 4.69) is 18.8 Å². The summed E-state index contributed by atoms with van der Waals surface area (Å²) < 4.78 is 7.15. The van der Waals surface area contributed by atoms with Crippen LogP contribution in [0, 0.1) is 5.92 Å². The van der Waals surface area contributed by atoms with E-state index in [1.54, 1.807) is 4.90 Å². The van der Waals surface area contributed by atoms with Gasteiger partial charge in [0.05, 0.1) is 17.6 Å². The van der Waals surface area contributed by atoms with Crippen LogP contribution in [0.15, 0.2) is 29.1 Å². The number of H-pyrrole nitrogens is 1. The van der Waals surface area contributed by atoms with Crippen molar-refractivity contribution >= 4 is 17.1 Å². The predicted molar refractivity (Wildman–Crippen MR) is 93.2 cm³/mol. The summed E-state index contributed by atoms with van der Waals surface area (Å²) >= 11 is 0. The molecule has 0 radical (unpaired) electrons. The van der Waals surface area contributed by atoms with Gasteiger partial charge in [-0.2, -0.15) is 0 Å². The minimum Gasteiger partial charge on any atom is -0.449 e. The number of nitrogens with one attached hydrogen (secondary N) is 1. The van der Waals surface area contributed by atoms with Gasteiger partial charge in [-0.15, -0.1) is 0 Å². The molecule has 0 spiro atoms. The van der Waals surface area contributed by atoms with Gasteiger partial charge in [-0.3, -0.25) is 4.57 Å². The first-order chi connectivity index (χ1) is 11.6. The molecule has 1 aromatic carbocycles. The topological polar surface area (TPSA) is 67.3 Å². The molecule has 6 heteroatoms. The Labute approximate surface area is 141 Å². The summed E-state index contributed by atoms with van der Waals surface area (Å²) in [5, 5.41) is 0. The van der Waals surface area contributed by atoms with Crippen LogP contribution in [0.1, 0.15) is 39.2 Å². The normalized spacial score (nSPS) is 16.0. The van der Waals surface area contributed by atoms with E-state index in [1.807, 2.05) is 28.8 Å². The van der Waals surface area contributed by atoms with Crippen LogP contribution in [-0.4, -0.2) is 40.2 Å². The summed E-state index contributed by atoms with van der Waals surface area (Å²) in [5.74, 6) is 0.525. The van der Waals surface area contributed by atoms with E-state index in [0.717, 1.165) is 30.3 Å². The first-order valence-corrected chi connectivity index (χ1v) is 8.67. The van der Waals surface area contributed by atoms with Crippen LogP contribution in [-0.2, 0) is 4.74 Å². The standard InChI is InChI=1S/C18H25N3O3/c1-13(2)9-12-24-18(23)20-10-7-14(8-11-20)21-16-6-4-3-5-15(16)19-17(21)22/h3-6,13-14H,7-12H2,1-2H3,(H,19,22). The lowest BCUT2D eigenvalue weighted by Crippen LogP contribution is -2.40. The number of rotatable bonds is 4. The Hall–Kier alpha value is -2.24. The number of piperidine rings is 1. The zero-order valence-electron chi connectivity index (χ0n) is 14.3. The fourth-order valence-electron chi connectivity index (χ4n) is 3.22. The van der Waals surface area contributed by atoms with Crippen molar-refractivity contribution < 1.29 is 9.53 Å². The molecule has 1 aliphatic rings. The van der Waals surface area contributed by atoms with E-state index in [-0.39, 0.29) is 17.8 Å². The van der Waals surface area contributed by atoms with Crippen molar-refractivity contribution in [2.45, 2.75) is 39.2 Å². The number of amides is 1. The molecule has 130 valence electrons. The molecule has 1 aliphatic heterocycles. The summed E-state index contributed by atoms with van der Waals surface area (Å²) in [6.07, 6.45) is 2.18. The molecular weight excluding hydrogens is 306 g/mol. The van der Waals surface area contributed by atoms with Crippen molar-refractivity contribution in [3.8, 4) is 0 Å². The molecule has 0 aliphatic carbocycles. The van der Waals surface area contributed by atoms with Gasteiger partial charge in [0, 0.05) is 19.1 Å². The SMILES string of the molecule is CC(C)CCOC(=O)N1CCC(n2c(=O)[nH]c3ccccc32)CC1. The quantitative estimate of drug-likeness (QED) is 0.936. The molecule has 0 saturated carbocycles. The van der Waals surface area contributed by atoms with Crippen LogP contribution in [0.25, 0.3) is 11.0 Å². The number of carbonyl (C=O) groups is 1. The largest absolute Gasteiger partial charge is 0.449 e. The number of nitrogens with zero attached hydrogens (tertiary/aromatic N) is 2. The lowest BCUT2D eigenvalue weighted by molar-refractivity contribution is 0.0852. The maximum absolute atomic E-state index is 12.3. The van der Waals surface area contributed by atoms with Gasteiger partial charge in [0.2, 0.25) is 0 Å². The van der Waals surface area contributed by atoms with Gasteiger partial charge in [-0.05, 0) is 37.3 Å². The molecule has 1 fully saturated rings. The number of fused-ring (bicyclic) bond motifs is 1. The molecular formula is C18H25N3O3. The molecule has 6 nitrogen and oxygen atoms in total. The van der Waals surface area contributed by atoms with Crippen molar-refractivity contribution in [3.05, 3.63) is 34.7 Å². The maximum Gasteiger partial charge on any atom is 0.409 e. The van der Waals surface area contributed by atoms with Crippen molar-refractivity contribution in [3.63, 3.8) is 0 Å². The molecule has 24 heavy (non-hydrogen) atoms. The molecule has 0 atom stereocenters. The Kier molecular flexibility index (Phi) is 4.92. The van der Waals surface area contributed by atoms with E-state index in [9.17, 15) is 9.59 Å². The lowest BCUT2D eigenvalue weighted by atomic mass is 10.0. The molecule has 0 unspecified atom stereocenters. The third-order valence-electron chi connectivity index (χ3n) is 4.63. The number of aromatic amines is 1. The zero-order valence-corrected chi connectivity index (χ0v) is 14.3. The van der Waals surface area contributed by atoms with E-state index in [4.69, 9.17) is 4.74 Å². The number of imidazole rings is 1. The second-order valence-corrected chi connectivity index (χ2v) is 6.83. The lowest BCUT2D eigenvalue weighted by Gasteiger charge is -2.31. The van der Waals surface area contributed by atoms with Crippen molar-refractivity contribution in [1.29, 1.82) is 0 Å². The fourth-order valence-corrected chi connectivity index (χ4v) is 3.22.